The van der Waals surface area contributed by atoms with Crippen molar-refractivity contribution in [3.63, 3.8) is 0 Å². The largest absolute Gasteiger partial charge is 0.493 e. The van der Waals surface area contributed by atoms with Crippen LogP contribution in [0.3, 0.4) is 0 Å². The van der Waals surface area contributed by atoms with Gasteiger partial charge in [0.2, 0.25) is 0 Å². The summed E-state index contributed by atoms with van der Waals surface area (Å²) < 4.78 is 16.5. The fourth-order valence-corrected chi connectivity index (χ4v) is 2.68. The summed E-state index contributed by atoms with van der Waals surface area (Å²) in [6, 6.07) is 10.1. The van der Waals surface area contributed by atoms with Crippen LogP contribution in [-0.4, -0.2) is 19.1 Å². The van der Waals surface area contributed by atoms with Gasteiger partial charge in [0.25, 0.3) is 5.69 Å². The van der Waals surface area contributed by atoms with Gasteiger partial charge < -0.3 is 14.2 Å². The van der Waals surface area contributed by atoms with E-state index in [0.717, 1.165) is 12.8 Å². The predicted octanol–water partition coefficient (Wildman–Crippen LogP) is 5.53. The minimum Gasteiger partial charge on any atom is -0.493 e. The van der Waals surface area contributed by atoms with Gasteiger partial charge in [0.05, 0.1) is 25.2 Å². The zero-order chi connectivity index (χ0) is 18.9. The maximum atomic E-state index is 10.9. The van der Waals surface area contributed by atoms with Crippen molar-refractivity contribution in [3.8, 4) is 23.0 Å². The quantitative estimate of drug-likeness (QED) is 0.317. The molecule has 0 aliphatic heterocycles. The van der Waals surface area contributed by atoms with Crippen molar-refractivity contribution in [1.82, 2.24) is 0 Å². The zero-order valence-corrected chi connectivity index (χ0v) is 15.5. The molecule has 0 fully saturated rings. The molecule has 0 saturated carbocycles. The number of hydrogen-bond donors (Lipinski definition) is 0. The highest BCUT2D eigenvalue weighted by Gasteiger charge is 2.15. The Balaban J connectivity index is 2.17. The lowest BCUT2D eigenvalue weighted by atomic mass is 10.1. The van der Waals surface area contributed by atoms with Crippen LogP contribution in [0.5, 0.6) is 23.0 Å². The molecule has 6 nitrogen and oxygen atoms in total. The summed E-state index contributed by atoms with van der Waals surface area (Å²) >= 11 is 0. The van der Waals surface area contributed by atoms with Crippen LogP contribution in [0.4, 0.5) is 5.69 Å². The maximum Gasteiger partial charge on any atom is 0.273 e. The van der Waals surface area contributed by atoms with E-state index >= 15 is 0 Å². The number of unbranched alkanes of at least 4 members (excludes halogenated alkanes) is 3. The van der Waals surface area contributed by atoms with E-state index in [0.29, 0.717) is 23.0 Å². The Morgan fingerprint density at radius 3 is 2.15 bits per heavy atom. The number of aryl methyl sites for hydroxylation is 1. The second-order valence-electron chi connectivity index (χ2n) is 5.99. The van der Waals surface area contributed by atoms with Crippen molar-refractivity contribution < 1.29 is 19.1 Å². The molecule has 0 spiro atoms. The maximum absolute atomic E-state index is 10.9. The SMILES string of the molecule is CCCCCCc1ccc(Oc2ccc([N+](=O)[O-])cc2OC)c(OC)c1. The molecule has 0 aliphatic carbocycles. The van der Waals surface area contributed by atoms with Crippen LogP contribution in [0.2, 0.25) is 0 Å². The van der Waals surface area contributed by atoms with Crippen LogP contribution in [0.15, 0.2) is 36.4 Å². The normalized spacial score (nSPS) is 10.4. The predicted molar refractivity (Wildman–Crippen MR) is 101 cm³/mol. The van der Waals surface area contributed by atoms with Crippen LogP contribution in [0.1, 0.15) is 38.2 Å². The number of nitrogens with zero attached hydrogens (tertiary/aromatic N) is 1. The summed E-state index contributed by atoms with van der Waals surface area (Å²) in [5.74, 6) is 1.85. The van der Waals surface area contributed by atoms with Gasteiger partial charge in [-0.15, -0.1) is 0 Å². The molecule has 0 heterocycles. The van der Waals surface area contributed by atoms with Gasteiger partial charge in [-0.2, -0.15) is 0 Å². The first-order chi connectivity index (χ1) is 12.6. The highest BCUT2D eigenvalue weighted by atomic mass is 16.6. The summed E-state index contributed by atoms with van der Waals surface area (Å²) in [6.07, 6.45) is 5.83. The number of hydrogen-bond acceptors (Lipinski definition) is 5. The van der Waals surface area contributed by atoms with Crippen LogP contribution < -0.4 is 14.2 Å². The zero-order valence-electron chi connectivity index (χ0n) is 15.5. The highest BCUT2D eigenvalue weighted by Crippen LogP contribution is 2.38. The number of nitro groups is 1. The fraction of sp³-hybridized carbons (Fsp3) is 0.400. The molecular formula is C20H25NO5. The van der Waals surface area contributed by atoms with Crippen molar-refractivity contribution in [3.05, 3.63) is 52.1 Å². The van der Waals surface area contributed by atoms with E-state index in [1.54, 1.807) is 7.11 Å². The lowest BCUT2D eigenvalue weighted by Crippen LogP contribution is -1.96. The van der Waals surface area contributed by atoms with Gasteiger partial charge in [-0.3, -0.25) is 10.1 Å². The third kappa shape index (κ3) is 5.12. The average molecular weight is 359 g/mol. The first-order valence-corrected chi connectivity index (χ1v) is 8.76. The van der Waals surface area contributed by atoms with E-state index in [1.165, 1.54) is 50.1 Å². The molecule has 0 amide bonds. The Morgan fingerprint density at radius 1 is 0.885 bits per heavy atom. The summed E-state index contributed by atoms with van der Waals surface area (Å²) in [5, 5.41) is 10.9. The molecule has 6 heteroatoms. The summed E-state index contributed by atoms with van der Waals surface area (Å²) in [5.41, 5.74) is 1.14. The molecule has 0 unspecified atom stereocenters. The number of rotatable bonds is 10. The smallest absolute Gasteiger partial charge is 0.273 e. The number of benzene rings is 2. The highest BCUT2D eigenvalue weighted by molar-refractivity contribution is 5.52. The van der Waals surface area contributed by atoms with Gasteiger partial charge in [-0.25, -0.2) is 0 Å². The van der Waals surface area contributed by atoms with Crippen molar-refractivity contribution in [1.29, 1.82) is 0 Å². The van der Waals surface area contributed by atoms with Gasteiger partial charge in [0.1, 0.15) is 0 Å². The molecule has 2 rings (SSSR count). The first-order valence-electron chi connectivity index (χ1n) is 8.76. The second-order valence-corrected chi connectivity index (χ2v) is 5.99. The van der Waals surface area contributed by atoms with Crippen LogP contribution in [0.25, 0.3) is 0 Å². The van der Waals surface area contributed by atoms with Crippen LogP contribution >= 0.6 is 0 Å². The first kappa shape index (κ1) is 19.6. The minimum absolute atomic E-state index is 0.0522. The van der Waals surface area contributed by atoms with Gasteiger partial charge in [-0.05, 0) is 36.6 Å². The molecule has 2 aromatic rings. The summed E-state index contributed by atoms with van der Waals surface area (Å²) in [6.45, 7) is 2.20. The Morgan fingerprint density at radius 2 is 1.54 bits per heavy atom. The molecule has 0 bridgehead atoms. The topological polar surface area (TPSA) is 70.8 Å². The third-order valence-corrected chi connectivity index (χ3v) is 4.12. The molecular weight excluding hydrogens is 334 g/mol. The van der Waals surface area contributed by atoms with Crippen LogP contribution in [-0.2, 0) is 6.42 Å². The van der Waals surface area contributed by atoms with Gasteiger partial charge in [0, 0.05) is 6.07 Å². The molecule has 0 N–H and O–H groups in total. The second kappa shape index (κ2) is 9.65. The van der Waals surface area contributed by atoms with E-state index < -0.39 is 4.92 Å². The van der Waals surface area contributed by atoms with Crippen molar-refractivity contribution in [2.45, 2.75) is 39.0 Å². The number of ether oxygens (including phenoxy) is 3. The minimum atomic E-state index is -0.472. The van der Waals surface area contributed by atoms with Gasteiger partial charge in [-0.1, -0.05) is 32.3 Å². The monoisotopic (exact) mass is 359 g/mol. The molecule has 0 aliphatic rings. The summed E-state index contributed by atoms with van der Waals surface area (Å²) in [4.78, 5) is 10.4. The Hall–Kier alpha value is -2.76. The number of methoxy groups -OCH3 is 2. The molecule has 26 heavy (non-hydrogen) atoms. The van der Waals surface area contributed by atoms with E-state index in [1.807, 2.05) is 18.2 Å². The van der Waals surface area contributed by atoms with E-state index in [4.69, 9.17) is 14.2 Å². The van der Waals surface area contributed by atoms with Crippen LogP contribution in [0, 0.1) is 10.1 Å². The Labute approximate surface area is 153 Å². The molecule has 2 aromatic carbocycles. The Bertz CT molecular complexity index is 745. The molecule has 0 aromatic heterocycles. The van der Waals surface area contributed by atoms with Gasteiger partial charge >= 0.3 is 0 Å². The Kier molecular flexibility index (Phi) is 7.26. The van der Waals surface area contributed by atoms with Crippen molar-refractivity contribution in [2.24, 2.45) is 0 Å². The van der Waals surface area contributed by atoms with E-state index in [9.17, 15) is 10.1 Å². The molecule has 140 valence electrons. The lowest BCUT2D eigenvalue weighted by Gasteiger charge is -2.14. The fourth-order valence-electron chi connectivity index (χ4n) is 2.68. The molecule has 0 atom stereocenters. The molecule has 0 radical (unpaired) electrons. The standard InChI is InChI=1S/C20H25NO5/c1-4-5-6-7-8-15-9-11-17(19(13-15)24-2)26-18-12-10-16(21(22)23)14-20(18)25-3/h9-14H,4-8H2,1-3H3. The average Bonchev–Trinajstić information content (AvgIpc) is 2.66. The van der Waals surface area contributed by atoms with Crippen molar-refractivity contribution in [2.75, 3.05) is 14.2 Å². The van der Waals surface area contributed by atoms with E-state index in [-0.39, 0.29) is 5.69 Å². The van der Waals surface area contributed by atoms with E-state index in [2.05, 4.69) is 6.92 Å². The number of nitro benzene ring substituents is 1. The number of non-ortho nitro benzene ring substituents is 1. The molecule has 0 saturated heterocycles. The van der Waals surface area contributed by atoms with Gasteiger partial charge in [0.15, 0.2) is 23.0 Å². The third-order valence-electron chi connectivity index (χ3n) is 4.12. The van der Waals surface area contributed by atoms with Crippen molar-refractivity contribution >= 4 is 5.69 Å². The summed E-state index contributed by atoms with van der Waals surface area (Å²) in [7, 11) is 3.04. The lowest BCUT2D eigenvalue weighted by molar-refractivity contribution is -0.384.